The van der Waals surface area contributed by atoms with Crippen LogP contribution in [0.2, 0.25) is 0 Å². The van der Waals surface area contributed by atoms with Crippen LogP contribution in [-0.4, -0.2) is 50.8 Å². The van der Waals surface area contributed by atoms with Crippen LogP contribution in [0.1, 0.15) is 31.1 Å². The van der Waals surface area contributed by atoms with Gasteiger partial charge in [-0.05, 0) is 50.2 Å². The second-order valence-electron chi connectivity index (χ2n) is 7.06. The molecule has 0 bridgehead atoms. The van der Waals surface area contributed by atoms with Gasteiger partial charge < -0.3 is 24.5 Å². The van der Waals surface area contributed by atoms with Crippen molar-refractivity contribution in [1.82, 2.24) is 10.2 Å². The lowest BCUT2D eigenvalue weighted by Crippen LogP contribution is -2.39. The molecule has 0 aliphatic carbocycles. The SMILES string of the molecule is CN=C(NCC(c1ccco1)N1CCCC1)Nc1ccc2c(c1)OCCCO2. The first-order chi connectivity index (χ1) is 13.8. The van der Waals surface area contributed by atoms with E-state index < -0.39 is 0 Å². The number of rotatable bonds is 5. The van der Waals surface area contributed by atoms with Crippen LogP contribution in [0.15, 0.2) is 46.0 Å². The summed E-state index contributed by atoms with van der Waals surface area (Å²) in [5, 5.41) is 6.79. The maximum Gasteiger partial charge on any atom is 0.195 e. The molecule has 1 aromatic heterocycles. The van der Waals surface area contributed by atoms with Gasteiger partial charge in [0, 0.05) is 31.8 Å². The van der Waals surface area contributed by atoms with Crippen LogP contribution in [0.5, 0.6) is 11.5 Å². The zero-order valence-electron chi connectivity index (χ0n) is 16.3. The highest BCUT2D eigenvalue weighted by atomic mass is 16.5. The summed E-state index contributed by atoms with van der Waals surface area (Å²) >= 11 is 0. The predicted molar refractivity (Wildman–Crippen MR) is 109 cm³/mol. The molecular weight excluding hydrogens is 356 g/mol. The van der Waals surface area contributed by atoms with Gasteiger partial charge in [-0.25, -0.2) is 0 Å². The minimum Gasteiger partial charge on any atom is -0.490 e. The van der Waals surface area contributed by atoms with Crippen molar-refractivity contribution in [3.8, 4) is 11.5 Å². The summed E-state index contributed by atoms with van der Waals surface area (Å²) in [5.41, 5.74) is 0.910. The van der Waals surface area contributed by atoms with Crippen LogP contribution in [0.25, 0.3) is 0 Å². The molecule has 0 radical (unpaired) electrons. The standard InChI is InChI=1S/C21H28N4O3/c1-22-21(24-16-7-8-19-20(14-16)28-13-5-12-27-19)23-15-17(18-6-4-11-26-18)25-9-2-3-10-25/h4,6-8,11,14,17H,2-3,5,9-10,12-13,15H2,1H3,(H2,22,23,24). The van der Waals surface area contributed by atoms with Crippen molar-refractivity contribution in [2.75, 3.05) is 45.2 Å². The number of nitrogens with zero attached hydrogens (tertiary/aromatic N) is 2. The Morgan fingerprint density at radius 2 is 1.93 bits per heavy atom. The Kier molecular flexibility index (Phi) is 6.01. The molecule has 4 rings (SSSR count). The molecule has 2 aliphatic rings. The Bertz CT molecular complexity index is 785. The van der Waals surface area contributed by atoms with E-state index in [1.807, 2.05) is 30.3 Å². The van der Waals surface area contributed by atoms with Crippen LogP contribution in [0.3, 0.4) is 0 Å². The number of likely N-dealkylation sites (tertiary alicyclic amines) is 1. The predicted octanol–water partition coefficient (Wildman–Crippen LogP) is 3.27. The number of hydrogen-bond donors (Lipinski definition) is 2. The smallest absolute Gasteiger partial charge is 0.195 e. The second-order valence-corrected chi connectivity index (χ2v) is 7.06. The van der Waals surface area contributed by atoms with Gasteiger partial charge in [0.2, 0.25) is 0 Å². The van der Waals surface area contributed by atoms with Gasteiger partial charge in [-0.1, -0.05) is 0 Å². The molecule has 1 fully saturated rings. The van der Waals surface area contributed by atoms with Gasteiger partial charge in [-0.15, -0.1) is 0 Å². The summed E-state index contributed by atoms with van der Waals surface area (Å²) in [7, 11) is 1.77. The Morgan fingerprint density at radius 1 is 1.11 bits per heavy atom. The van der Waals surface area contributed by atoms with E-state index >= 15 is 0 Å². The number of guanidine groups is 1. The quantitative estimate of drug-likeness (QED) is 0.609. The molecule has 2 aliphatic heterocycles. The zero-order valence-corrected chi connectivity index (χ0v) is 16.3. The third kappa shape index (κ3) is 4.42. The highest BCUT2D eigenvalue weighted by Crippen LogP contribution is 2.32. The largest absolute Gasteiger partial charge is 0.490 e. The number of hydrogen-bond acceptors (Lipinski definition) is 5. The number of nitrogens with one attached hydrogen (secondary N) is 2. The Hall–Kier alpha value is -2.67. The number of anilines is 1. The molecule has 1 unspecified atom stereocenters. The molecule has 0 spiro atoms. The highest BCUT2D eigenvalue weighted by molar-refractivity contribution is 5.93. The molecule has 3 heterocycles. The van der Waals surface area contributed by atoms with Crippen LogP contribution in [0.4, 0.5) is 5.69 Å². The van der Waals surface area contributed by atoms with E-state index in [2.05, 4.69) is 20.5 Å². The van der Waals surface area contributed by atoms with E-state index in [-0.39, 0.29) is 6.04 Å². The number of benzene rings is 1. The molecule has 1 aromatic carbocycles. The third-order valence-corrected chi connectivity index (χ3v) is 5.15. The van der Waals surface area contributed by atoms with Crippen molar-refractivity contribution in [2.45, 2.75) is 25.3 Å². The first-order valence-electron chi connectivity index (χ1n) is 9.98. The van der Waals surface area contributed by atoms with Crippen molar-refractivity contribution in [3.63, 3.8) is 0 Å². The monoisotopic (exact) mass is 384 g/mol. The van der Waals surface area contributed by atoms with E-state index in [0.29, 0.717) is 19.2 Å². The van der Waals surface area contributed by atoms with Crippen molar-refractivity contribution in [1.29, 1.82) is 0 Å². The van der Waals surface area contributed by atoms with Crippen molar-refractivity contribution < 1.29 is 13.9 Å². The fourth-order valence-corrected chi connectivity index (χ4v) is 3.69. The Balaban J connectivity index is 1.41. The van der Waals surface area contributed by atoms with Gasteiger partial charge in [0.05, 0.1) is 25.5 Å². The van der Waals surface area contributed by atoms with Crippen molar-refractivity contribution >= 4 is 11.6 Å². The molecule has 7 heteroatoms. The summed E-state index contributed by atoms with van der Waals surface area (Å²) in [4.78, 5) is 6.83. The van der Waals surface area contributed by atoms with E-state index in [4.69, 9.17) is 13.9 Å². The van der Waals surface area contributed by atoms with Crippen LogP contribution < -0.4 is 20.1 Å². The zero-order chi connectivity index (χ0) is 19.2. The molecule has 7 nitrogen and oxygen atoms in total. The topological polar surface area (TPSA) is 71.3 Å². The summed E-state index contributed by atoms with van der Waals surface area (Å²) in [6, 6.07) is 10.1. The van der Waals surface area contributed by atoms with Gasteiger partial charge >= 0.3 is 0 Å². The summed E-state index contributed by atoms with van der Waals surface area (Å²) in [6.07, 6.45) is 5.11. The molecule has 0 saturated carbocycles. The third-order valence-electron chi connectivity index (χ3n) is 5.15. The van der Waals surface area contributed by atoms with Crippen LogP contribution in [-0.2, 0) is 0 Å². The average Bonchev–Trinajstić information content (AvgIpc) is 3.39. The number of aliphatic imine (C=N–C) groups is 1. The normalized spacial score (nSPS) is 18.5. The first kappa shape index (κ1) is 18.7. The van der Waals surface area contributed by atoms with Gasteiger partial charge in [0.15, 0.2) is 17.5 Å². The molecule has 28 heavy (non-hydrogen) atoms. The van der Waals surface area contributed by atoms with Gasteiger partial charge in [0.25, 0.3) is 0 Å². The number of fused-ring (bicyclic) bond motifs is 1. The van der Waals surface area contributed by atoms with E-state index in [1.54, 1.807) is 13.3 Å². The van der Waals surface area contributed by atoms with Crippen LogP contribution in [0, 0.1) is 0 Å². The Morgan fingerprint density at radius 3 is 2.68 bits per heavy atom. The van der Waals surface area contributed by atoms with Gasteiger partial charge in [-0.2, -0.15) is 0 Å². The Labute approximate surface area is 165 Å². The molecule has 1 atom stereocenters. The lowest BCUT2D eigenvalue weighted by atomic mass is 10.2. The summed E-state index contributed by atoms with van der Waals surface area (Å²) in [6.45, 7) is 4.28. The molecule has 1 saturated heterocycles. The highest BCUT2D eigenvalue weighted by Gasteiger charge is 2.25. The first-order valence-corrected chi connectivity index (χ1v) is 9.98. The molecular formula is C21H28N4O3. The molecule has 2 N–H and O–H groups in total. The molecule has 150 valence electrons. The maximum atomic E-state index is 5.77. The lowest BCUT2D eigenvalue weighted by molar-refractivity contribution is 0.216. The van der Waals surface area contributed by atoms with E-state index in [9.17, 15) is 0 Å². The maximum absolute atomic E-state index is 5.77. The van der Waals surface area contributed by atoms with Crippen molar-refractivity contribution in [2.24, 2.45) is 4.99 Å². The molecule has 2 aromatic rings. The average molecular weight is 384 g/mol. The number of ether oxygens (including phenoxy) is 2. The minimum atomic E-state index is 0.194. The number of furan rings is 1. The lowest BCUT2D eigenvalue weighted by Gasteiger charge is -2.26. The van der Waals surface area contributed by atoms with Gasteiger partial charge in [-0.3, -0.25) is 9.89 Å². The minimum absolute atomic E-state index is 0.194. The summed E-state index contributed by atoms with van der Waals surface area (Å²) in [5.74, 6) is 3.26. The van der Waals surface area contributed by atoms with E-state index in [1.165, 1.54) is 12.8 Å². The van der Waals surface area contributed by atoms with Gasteiger partial charge in [0.1, 0.15) is 5.76 Å². The fraction of sp³-hybridized carbons (Fsp3) is 0.476. The van der Waals surface area contributed by atoms with Crippen molar-refractivity contribution in [3.05, 3.63) is 42.4 Å². The van der Waals surface area contributed by atoms with Crippen LogP contribution >= 0.6 is 0 Å². The summed E-state index contributed by atoms with van der Waals surface area (Å²) < 4.78 is 17.2. The second kappa shape index (κ2) is 9.01. The molecule has 0 amide bonds. The fourth-order valence-electron chi connectivity index (χ4n) is 3.69. The van der Waals surface area contributed by atoms with E-state index in [0.717, 1.165) is 49.0 Å².